The molecule has 1 saturated carbocycles. The Morgan fingerprint density at radius 1 is 1.54 bits per heavy atom. The Kier molecular flexibility index (Phi) is 2.00. The van der Waals surface area contributed by atoms with E-state index in [4.69, 9.17) is 10.5 Å². The molecule has 0 unspecified atom stereocenters. The molecule has 4 nitrogen and oxygen atoms in total. The van der Waals surface area contributed by atoms with Gasteiger partial charge in [0.1, 0.15) is 6.10 Å². The van der Waals surface area contributed by atoms with Crippen molar-refractivity contribution >= 4 is 5.95 Å². The predicted molar refractivity (Wildman–Crippen MR) is 44.7 cm³/mol. The fourth-order valence-electron chi connectivity index (χ4n) is 1.09. The van der Waals surface area contributed by atoms with Gasteiger partial charge in [0, 0.05) is 0 Å². The van der Waals surface area contributed by atoms with Crippen LogP contribution in [0.3, 0.4) is 0 Å². The number of nitrogens with two attached hydrogens (primary N) is 1. The summed E-state index contributed by atoms with van der Waals surface area (Å²) in [6.07, 6.45) is 4.18. The van der Waals surface area contributed by atoms with Crippen LogP contribution in [0.4, 0.5) is 10.3 Å². The Bertz CT molecular complexity index is 314. The minimum atomic E-state index is -0.555. The summed E-state index contributed by atoms with van der Waals surface area (Å²) >= 11 is 0. The summed E-state index contributed by atoms with van der Waals surface area (Å²) in [5.74, 6) is -0.547. The lowest BCUT2D eigenvalue weighted by molar-refractivity contribution is 0.109. The van der Waals surface area contributed by atoms with E-state index in [0.717, 1.165) is 25.5 Å². The number of ether oxygens (including phenoxy) is 1. The first kappa shape index (κ1) is 8.22. The van der Waals surface area contributed by atoms with Crippen LogP contribution in [0.2, 0.25) is 0 Å². The second-order valence-corrected chi connectivity index (χ2v) is 3.05. The molecule has 1 heterocycles. The lowest BCUT2D eigenvalue weighted by atomic mass is 9.96. The second-order valence-electron chi connectivity index (χ2n) is 3.05. The highest BCUT2D eigenvalue weighted by Gasteiger charge is 2.21. The smallest absolute Gasteiger partial charge is 0.255 e. The van der Waals surface area contributed by atoms with Gasteiger partial charge in [0.2, 0.25) is 11.8 Å². The molecule has 0 saturated heterocycles. The molecule has 0 spiro atoms. The first-order valence-corrected chi connectivity index (χ1v) is 4.20. The minimum absolute atomic E-state index is 0.0304. The van der Waals surface area contributed by atoms with Crippen LogP contribution in [-0.4, -0.2) is 16.1 Å². The summed E-state index contributed by atoms with van der Waals surface area (Å²) in [7, 11) is 0. The van der Waals surface area contributed by atoms with Gasteiger partial charge in [0.05, 0.1) is 6.20 Å². The van der Waals surface area contributed by atoms with E-state index in [-0.39, 0.29) is 17.9 Å². The zero-order valence-corrected chi connectivity index (χ0v) is 7.03. The molecule has 5 heteroatoms. The van der Waals surface area contributed by atoms with Crippen molar-refractivity contribution in [2.45, 2.75) is 25.4 Å². The lowest BCUT2D eigenvalue weighted by Crippen LogP contribution is -2.25. The maximum atomic E-state index is 13.0. The topological polar surface area (TPSA) is 61.0 Å². The van der Waals surface area contributed by atoms with Crippen molar-refractivity contribution < 1.29 is 9.13 Å². The van der Waals surface area contributed by atoms with Gasteiger partial charge < -0.3 is 10.5 Å². The number of hydrogen-bond donors (Lipinski definition) is 1. The number of hydrogen-bond acceptors (Lipinski definition) is 4. The molecule has 0 aliphatic heterocycles. The van der Waals surface area contributed by atoms with Crippen LogP contribution in [-0.2, 0) is 0 Å². The van der Waals surface area contributed by atoms with E-state index in [2.05, 4.69) is 9.97 Å². The van der Waals surface area contributed by atoms with Gasteiger partial charge in [-0.15, -0.1) is 0 Å². The molecule has 0 radical (unpaired) electrons. The summed E-state index contributed by atoms with van der Waals surface area (Å²) in [5.41, 5.74) is 5.29. The van der Waals surface area contributed by atoms with E-state index in [1.54, 1.807) is 0 Å². The predicted octanol–water partition coefficient (Wildman–Crippen LogP) is 1.13. The molecule has 13 heavy (non-hydrogen) atoms. The van der Waals surface area contributed by atoms with Gasteiger partial charge in [-0.25, -0.2) is 4.98 Å². The van der Waals surface area contributed by atoms with Gasteiger partial charge in [0.25, 0.3) is 5.88 Å². The Morgan fingerprint density at radius 2 is 2.31 bits per heavy atom. The fraction of sp³-hybridized carbons (Fsp3) is 0.500. The minimum Gasteiger partial charge on any atom is -0.472 e. The molecule has 1 fully saturated rings. The van der Waals surface area contributed by atoms with Crippen molar-refractivity contribution in [2.24, 2.45) is 0 Å². The van der Waals surface area contributed by atoms with Crippen LogP contribution in [0.25, 0.3) is 0 Å². The highest BCUT2D eigenvalue weighted by molar-refractivity contribution is 5.22. The first-order chi connectivity index (χ1) is 6.25. The number of halogens is 1. The van der Waals surface area contributed by atoms with Crippen LogP contribution in [0.1, 0.15) is 19.3 Å². The van der Waals surface area contributed by atoms with Gasteiger partial charge in [-0.05, 0) is 19.3 Å². The van der Waals surface area contributed by atoms with Crippen molar-refractivity contribution in [1.82, 2.24) is 9.97 Å². The average Bonchev–Trinajstić information content (AvgIpc) is 2.03. The molecular formula is C8H10FN3O. The summed E-state index contributed by atoms with van der Waals surface area (Å²) in [4.78, 5) is 7.17. The largest absolute Gasteiger partial charge is 0.472 e. The second kappa shape index (κ2) is 3.16. The molecule has 1 aliphatic carbocycles. The van der Waals surface area contributed by atoms with Crippen LogP contribution in [0, 0.1) is 5.82 Å². The van der Waals surface area contributed by atoms with Gasteiger partial charge in [-0.3, -0.25) is 0 Å². The van der Waals surface area contributed by atoms with Gasteiger partial charge in [-0.1, -0.05) is 0 Å². The van der Waals surface area contributed by atoms with E-state index in [9.17, 15) is 4.39 Å². The van der Waals surface area contributed by atoms with E-state index < -0.39 is 5.82 Å². The first-order valence-electron chi connectivity index (χ1n) is 4.20. The highest BCUT2D eigenvalue weighted by Crippen LogP contribution is 2.25. The Balaban J connectivity index is 2.13. The zero-order valence-electron chi connectivity index (χ0n) is 7.03. The fourth-order valence-corrected chi connectivity index (χ4v) is 1.09. The van der Waals surface area contributed by atoms with Crippen molar-refractivity contribution in [1.29, 1.82) is 0 Å². The molecule has 0 aromatic carbocycles. The molecular weight excluding hydrogens is 173 g/mol. The highest BCUT2D eigenvalue weighted by atomic mass is 19.1. The summed E-state index contributed by atoms with van der Waals surface area (Å²) in [5, 5.41) is 0. The number of nitrogen functional groups attached to an aromatic ring is 1. The van der Waals surface area contributed by atoms with Crippen molar-refractivity contribution in [3.8, 4) is 5.88 Å². The quantitative estimate of drug-likeness (QED) is 0.746. The van der Waals surface area contributed by atoms with Crippen LogP contribution < -0.4 is 10.5 Å². The van der Waals surface area contributed by atoms with Crippen molar-refractivity contribution in [3.05, 3.63) is 12.0 Å². The van der Waals surface area contributed by atoms with Crippen molar-refractivity contribution in [2.75, 3.05) is 5.73 Å². The average molecular weight is 183 g/mol. The molecule has 1 aliphatic rings. The van der Waals surface area contributed by atoms with Crippen LogP contribution >= 0.6 is 0 Å². The SMILES string of the molecule is Nc1ncc(F)c(OC2CCC2)n1. The standard InChI is InChI=1S/C8H10FN3O/c9-6-4-11-8(10)12-7(6)13-5-2-1-3-5/h4-5H,1-3H2,(H2,10,11,12). The normalized spacial score (nSPS) is 16.7. The summed E-state index contributed by atoms with van der Waals surface area (Å²) in [6, 6.07) is 0. The summed E-state index contributed by atoms with van der Waals surface area (Å²) in [6.45, 7) is 0. The maximum absolute atomic E-state index is 13.0. The van der Waals surface area contributed by atoms with Crippen LogP contribution in [0.5, 0.6) is 5.88 Å². The molecule has 2 rings (SSSR count). The molecule has 0 bridgehead atoms. The zero-order chi connectivity index (χ0) is 9.26. The van der Waals surface area contributed by atoms with Gasteiger partial charge in [0.15, 0.2) is 0 Å². The van der Waals surface area contributed by atoms with E-state index in [1.807, 2.05) is 0 Å². The Morgan fingerprint density at radius 3 is 2.92 bits per heavy atom. The number of aromatic nitrogens is 2. The third-order valence-electron chi connectivity index (χ3n) is 2.06. The van der Waals surface area contributed by atoms with Crippen molar-refractivity contribution in [3.63, 3.8) is 0 Å². The number of nitrogens with zero attached hydrogens (tertiary/aromatic N) is 2. The van der Waals surface area contributed by atoms with Crippen LogP contribution in [0.15, 0.2) is 6.20 Å². The summed E-state index contributed by atoms with van der Waals surface area (Å²) < 4.78 is 18.2. The monoisotopic (exact) mass is 183 g/mol. The Hall–Kier alpha value is -1.39. The van der Waals surface area contributed by atoms with Gasteiger partial charge >= 0.3 is 0 Å². The molecule has 1 aromatic rings. The number of anilines is 1. The third kappa shape index (κ3) is 1.68. The van der Waals surface area contributed by atoms with E-state index >= 15 is 0 Å². The maximum Gasteiger partial charge on any atom is 0.255 e. The Labute approximate surface area is 74.9 Å². The third-order valence-corrected chi connectivity index (χ3v) is 2.06. The molecule has 1 aromatic heterocycles. The molecule has 70 valence electrons. The van der Waals surface area contributed by atoms with E-state index in [0.29, 0.717) is 0 Å². The van der Waals surface area contributed by atoms with E-state index in [1.165, 1.54) is 0 Å². The molecule has 0 atom stereocenters. The number of rotatable bonds is 2. The van der Waals surface area contributed by atoms with Gasteiger partial charge in [-0.2, -0.15) is 9.37 Å². The lowest BCUT2D eigenvalue weighted by Gasteiger charge is -2.25. The molecule has 0 amide bonds. The molecule has 2 N–H and O–H groups in total.